The smallest absolute Gasteiger partial charge is 0.304 e. The molecule has 2 N–H and O–H groups in total. The van der Waals surface area contributed by atoms with Crippen molar-refractivity contribution in [3.8, 4) is 5.75 Å². The molecular formula is C14H15ClN2O3S. The van der Waals surface area contributed by atoms with Crippen LogP contribution in [0.3, 0.4) is 0 Å². The third kappa shape index (κ3) is 5.71. The lowest BCUT2D eigenvalue weighted by Gasteiger charge is -2.03. The van der Waals surface area contributed by atoms with Gasteiger partial charge in [-0.15, -0.1) is 11.3 Å². The van der Waals surface area contributed by atoms with Crippen molar-refractivity contribution in [3.05, 3.63) is 45.4 Å². The summed E-state index contributed by atoms with van der Waals surface area (Å²) in [5.41, 5.74) is 0.889. The molecule has 0 fully saturated rings. The van der Waals surface area contributed by atoms with Gasteiger partial charge in [-0.25, -0.2) is 4.98 Å². The molecule has 2 rings (SSSR count). The van der Waals surface area contributed by atoms with Crippen LogP contribution in [0.15, 0.2) is 29.6 Å². The van der Waals surface area contributed by atoms with Gasteiger partial charge in [0.1, 0.15) is 17.4 Å². The van der Waals surface area contributed by atoms with Gasteiger partial charge in [-0.2, -0.15) is 0 Å². The molecule has 5 nitrogen and oxygen atoms in total. The van der Waals surface area contributed by atoms with Crippen LogP contribution in [0.5, 0.6) is 5.75 Å². The lowest BCUT2D eigenvalue weighted by molar-refractivity contribution is -0.136. The summed E-state index contributed by atoms with van der Waals surface area (Å²) >= 11 is 7.32. The lowest BCUT2D eigenvalue weighted by atomic mass is 10.3. The molecule has 1 heterocycles. The first-order chi connectivity index (χ1) is 10.1. The second kappa shape index (κ2) is 7.97. The molecular weight excluding hydrogens is 312 g/mol. The van der Waals surface area contributed by atoms with Crippen molar-refractivity contribution >= 4 is 28.9 Å². The molecule has 0 spiro atoms. The number of thiazole rings is 1. The number of nitrogens with one attached hydrogen (secondary N) is 1. The normalized spacial score (nSPS) is 10.5. The highest BCUT2D eigenvalue weighted by atomic mass is 35.5. The van der Waals surface area contributed by atoms with E-state index in [0.717, 1.165) is 16.5 Å². The Morgan fingerprint density at radius 2 is 2.14 bits per heavy atom. The van der Waals surface area contributed by atoms with Crippen molar-refractivity contribution in [2.24, 2.45) is 0 Å². The summed E-state index contributed by atoms with van der Waals surface area (Å²) in [6.07, 6.45) is 0.108. The average molecular weight is 327 g/mol. The van der Waals surface area contributed by atoms with E-state index in [2.05, 4.69) is 10.3 Å². The number of aromatic nitrogens is 1. The molecule has 1 aromatic heterocycles. The van der Waals surface area contributed by atoms with Crippen LogP contribution in [0.2, 0.25) is 5.02 Å². The van der Waals surface area contributed by atoms with E-state index in [9.17, 15) is 4.79 Å². The van der Waals surface area contributed by atoms with Crippen LogP contribution in [-0.4, -0.2) is 22.6 Å². The van der Waals surface area contributed by atoms with Crippen LogP contribution >= 0.6 is 22.9 Å². The molecule has 0 aliphatic heterocycles. The van der Waals surface area contributed by atoms with Crippen molar-refractivity contribution in [2.45, 2.75) is 19.6 Å². The minimum atomic E-state index is -0.808. The summed E-state index contributed by atoms with van der Waals surface area (Å²) in [6.45, 7) is 1.40. The molecule has 0 aliphatic rings. The first-order valence-corrected chi connectivity index (χ1v) is 7.63. The molecule has 1 aromatic carbocycles. The molecule has 7 heteroatoms. The van der Waals surface area contributed by atoms with Gasteiger partial charge in [0, 0.05) is 23.5 Å². The second-order valence-corrected chi connectivity index (χ2v) is 5.67. The van der Waals surface area contributed by atoms with Gasteiger partial charge in [-0.05, 0) is 24.3 Å². The summed E-state index contributed by atoms with van der Waals surface area (Å²) in [5, 5.41) is 15.1. The van der Waals surface area contributed by atoms with Gasteiger partial charge in [0.15, 0.2) is 0 Å². The van der Waals surface area contributed by atoms with E-state index in [-0.39, 0.29) is 6.42 Å². The monoisotopic (exact) mass is 326 g/mol. The first kappa shape index (κ1) is 15.8. The number of ether oxygens (including phenoxy) is 1. The molecule has 0 radical (unpaired) electrons. The Hall–Kier alpha value is -1.63. The minimum absolute atomic E-state index is 0.108. The number of aliphatic carboxylic acids is 1. The van der Waals surface area contributed by atoms with E-state index < -0.39 is 5.97 Å². The Balaban J connectivity index is 1.75. The highest BCUT2D eigenvalue weighted by Gasteiger charge is 2.04. The highest BCUT2D eigenvalue weighted by molar-refractivity contribution is 7.09. The zero-order valence-corrected chi connectivity index (χ0v) is 12.8. The standard InChI is InChI=1S/C14H15ClN2O3S/c15-10-1-3-12(4-2-10)20-8-13-17-11(9-21-13)7-16-6-5-14(18)19/h1-4,9,16H,5-8H2,(H,18,19). The van der Waals surface area contributed by atoms with Gasteiger partial charge in [-0.1, -0.05) is 11.6 Å². The molecule has 0 aliphatic carbocycles. The van der Waals surface area contributed by atoms with E-state index in [0.29, 0.717) is 24.7 Å². The van der Waals surface area contributed by atoms with E-state index in [1.165, 1.54) is 11.3 Å². The molecule has 0 atom stereocenters. The number of hydrogen-bond acceptors (Lipinski definition) is 5. The Morgan fingerprint density at radius 1 is 1.38 bits per heavy atom. The molecule has 0 saturated heterocycles. The molecule has 0 bridgehead atoms. The maximum Gasteiger partial charge on any atom is 0.304 e. The largest absolute Gasteiger partial charge is 0.486 e. The second-order valence-electron chi connectivity index (χ2n) is 4.30. The van der Waals surface area contributed by atoms with Crippen LogP contribution in [0, 0.1) is 0 Å². The molecule has 0 unspecified atom stereocenters. The number of carboxylic acids is 1. The zero-order chi connectivity index (χ0) is 15.1. The summed E-state index contributed by atoms with van der Waals surface area (Å²) in [7, 11) is 0. The van der Waals surface area contributed by atoms with E-state index in [1.807, 2.05) is 17.5 Å². The van der Waals surface area contributed by atoms with Gasteiger partial charge >= 0.3 is 5.97 Å². The van der Waals surface area contributed by atoms with Gasteiger partial charge < -0.3 is 15.2 Å². The Labute approximate surface area is 131 Å². The van der Waals surface area contributed by atoms with Crippen molar-refractivity contribution in [2.75, 3.05) is 6.54 Å². The van der Waals surface area contributed by atoms with E-state index in [1.54, 1.807) is 12.1 Å². The zero-order valence-electron chi connectivity index (χ0n) is 11.2. The summed E-state index contributed by atoms with van der Waals surface area (Å²) in [6, 6.07) is 7.17. The maximum absolute atomic E-state index is 10.4. The summed E-state index contributed by atoms with van der Waals surface area (Å²) < 4.78 is 5.61. The van der Waals surface area contributed by atoms with Gasteiger partial charge in [-0.3, -0.25) is 4.79 Å². The Bertz CT molecular complexity index is 586. The van der Waals surface area contributed by atoms with Crippen molar-refractivity contribution in [3.63, 3.8) is 0 Å². The number of hydrogen-bond donors (Lipinski definition) is 2. The third-order valence-corrected chi connectivity index (χ3v) is 3.72. The first-order valence-electron chi connectivity index (χ1n) is 6.37. The topological polar surface area (TPSA) is 71.5 Å². The summed E-state index contributed by atoms with van der Waals surface area (Å²) in [4.78, 5) is 14.8. The maximum atomic E-state index is 10.4. The number of benzene rings is 1. The number of rotatable bonds is 8. The van der Waals surface area contributed by atoms with Crippen LogP contribution in [-0.2, 0) is 17.9 Å². The van der Waals surface area contributed by atoms with Crippen LogP contribution in [0.4, 0.5) is 0 Å². The summed E-state index contributed by atoms with van der Waals surface area (Å²) in [5.74, 6) is -0.0615. The fraction of sp³-hybridized carbons (Fsp3) is 0.286. The Kier molecular flexibility index (Phi) is 5.98. The molecule has 2 aromatic rings. The lowest BCUT2D eigenvalue weighted by Crippen LogP contribution is -2.17. The molecule has 21 heavy (non-hydrogen) atoms. The third-order valence-electron chi connectivity index (χ3n) is 2.60. The quantitative estimate of drug-likeness (QED) is 0.730. The van der Waals surface area contributed by atoms with Crippen molar-refractivity contribution in [1.82, 2.24) is 10.3 Å². The Morgan fingerprint density at radius 3 is 2.86 bits per heavy atom. The van der Waals surface area contributed by atoms with E-state index in [4.69, 9.17) is 21.4 Å². The van der Waals surface area contributed by atoms with Gasteiger partial charge in [0.05, 0.1) is 12.1 Å². The van der Waals surface area contributed by atoms with Gasteiger partial charge in [0.25, 0.3) is 0 Å². The number of halogens is 1. The minimum Gasteiger partial charge on any atom is -0.486 e. The molecule has 0 saturated carbocycles. The molecule has 112 valence electrons. The van der Waals surface area contributed by atoms with E-state index >= 15 is 0 Å². The average Bonchev–Trinajstić information content (AvgIpc) is 2.91. The van der Waals surface area contributed by atoms with Crippen LogP contribution in [0.1, 0.15) is 17.1 Å². The highest BCUT2D eigenvalue weighted by Crippen LogP contribution is 2.18. The number of nitrogens with zero attached hydrogens (tertiary/aromatic N) is 1. The number of carboxylic acid groups (broad SMARTS) is 1. The predicted octanol–water partition coefficient (Wildman–Crippen LogP) is 2.94. The SMILES string of the molecule is O=C(O)CCNCc1csc(COc2ccc(Cl)cc2)n1. The van der Waals surface area contributed by atoms with Gasteiger partial charge in [0.2, 0.25) is 0 Å². The van der Waals surface area contributed by atoms with Crippen LogP contribution < -0.4 is 10.1 Å². The number of carbonyl (C=O) groups is 1. The van der Waals surface area contributed by atoms with Crippen molar-refractivity contribution < 1.29 is 14.6 Å². The van der Waals surface area contributed by atoms with Crippen LogP contribution in [0.25, 0.3) is 0 Å². The predicted molar refractivity (Wildman–Crippen MR) is 81.9 cm³/mol. The molecule has 0 amide bonds. The fourth-order valence-electron chi connectivity index (χ4n) is 1.58. The van der Waals surface area contributed by atoms with Crippen molar-refractivity contribution in [1.29, 1.82) is 0 Å². The fourth-order valence-corrected chi connectivity index (χ4v) is 2.42.